The molecular weight excluding hydrogens is 324 g/mol. The molecule has 3 saturated heterocycles. The second kappa shape index (κ2) is 5.68. The number of likely N-dealkylation sites (tertiary alicyclic amines) is 1. The zero-order chi connectivity index (χ0) is 17.9. The van der Waals surface area contributed by atoms with Gasteiger partial charge in [-0.1, -0.05) is 24.3 Å². The molecule has 3 aliphatic rings. The first-order valence-electron chi connectivity index (χ1n) is 9.69. The molecule has 5 rings (SSSR count). The minimum Gasteiger partial charge on any atom is -0.336 e. The molecule has 0 N–H and O–H groups in total. The highest BCUT2D eigenvalue weighted by Gasteiger charge is 2.65. The predicted octanol–water partition coefficient (Wildman–Crippen LogP) is 2.67. The molecule has 5 nitrogen and oxygen atoms in total. The van der Waals surface area contributed by atoms with Gasteiger partial charge < -0.3 is 4.90 Å². The minimum atomic E-state index is -0.261. The van der Waals surface area contributed by atoms with Gasteiger partial charge in [0.25, 0.3) is 0 Å². The largest absolute Gasteiger partial charge is 0.336 e. The van der Waals surface area contributed by atoms with Gasteiger partial charge in [-0.2, -0.15) is 5.10 Å². The van der Waals surface area contributed by atoms with Crippen LogP contribution in [0.25, 0.3) is 0 Å². The summed E-state index contributed by atoms with van der Waals surface area (Å²) in [5.74, 6) is 0.793. The second-order valence-corrected chi connectivity index (χ2v) is 8.23. The van der Waals surface area contributed by atoms with E-state index in [0.29, 0.717) is 17.9 Å². The van der Waals surface area contributed by atoms with Gasteiger partial charge in [-0.3, -0.25) is 14.4 Å². The molecule has 1 aromatic carbocycles. The van der Waals surface area contributed by atoms with Crippen LogP contribution in [0.2, 0.25) is 0 Å². The average molecular weight is 350 g/mol. The van der Waals surface area contributed by atoms with Gasteiger partial charge in [0, 0.05) is 43.9 Å². The fourth-order valence-corrected chi connectivity index (χ4v) is 5.64. The standard InChI is InChI=1S/C21H26N4O/c1-15-6-3-4-7-16(15)13-24-14-18-10-19(17-11-22-23(2)12-17)25-9-5-8-21(18,25)20(24)26/h3-4,6-7,11-12,18-19H,5,8-10,13-14H2,1-2H3/t18-,19-,21-/m0/s1. The number of carbonyl (C=O) groups is 1. The molecule has 4 heterocycles. The van der Waals surface area contributed by atoms with Gasteiger partial charge in [-0.05, 0) is 43.9 Å². The molecule has 1 aromatic heterocycles. The maximum absolute atomic E-state index is 13.6. The average Bonchev–Trinajstić information content (AvgIpc) is 3.35. The van der Waals surface area contributed by atoms with Gasteiger partial charge in [0.05, 0.1) is 6.20 Å². The number of rotatable bonds is 3. The highest BCUT2D eigenvalue weighted by atomic mass is 16.2. The number of nitrogens with zero attached hydrogens (tertiary/aromatic N) is 4. The van der Waals surface area contributed by atoms with Crippen molar-refractivity contribution in [2.45, 2.75) is 44.3 Å². The maximum Gasteiger partial charge on any atom is 0.243 e. The summed E-state index contributed by atoms with van der Waals surface area (Å²) in [6.45, 7) is 4.80. The molecule has 3 atom stereocenters. The number of hydrogen-bond donors (Lipinski definition) is 0. The lowest BCUT2D eigenvalue weighted by molar-refractivity contribution is -0.137. The summed E-state index contributed by atoms with van der Waals surface area (Å²) >= 11 is 0. The van der Waals surface area contributed by atoms with Crippen LogP contribution >= 0.6 is 0 Å². The van der Waals surface area contributed by atoms with Crippen molar-refractivity contribution in [2.24, 2.45) is 13.0 Å². The Morgan fingerprint density at radius 3 is 2.92 bits per heavy atom. The van der Waals surface area contributed by atoms with Gasteiger partial charge in [-0.25, -0.2) is 0 Å². The molecule has 26 heavy (non-hydrogen) atoms. The lowest BCUT2D eigenvalue weighted by atomic mass is 9.85. The van der Waals surface area contributed by atoms with E-state index >= 15 is 0 Å². The van der Waals surface area contributed by atoms with Crippen LogP contribution in [0.3, 0.4) is 0 Å². The topological polar surface area (TPSA) is 41.4 Å². The lowest BCUT2D eigenvalue weighted by Crippen LogP contribution is -2.49. The van der Waals surface area contributed by atoms with E-state index < -0.39 is 0 Å². The van der Waals surface area contributed by atoms with Crippen LogP contribution in [0.5, 0.6) is 0 Å². The molecule has 5 heteroatoms. The number of aryl methyl sites for hydroxylation is 2. The van der Waals surface area contributed by atoms with Crippen molar-refractivity contribution in [3.05, 3.63) is 53.3 Å². The summed E-state index contributed by atoms with van der Waals surface area (Å²) in [4.78, 5) is 18.2. The molecule has 0 aliphatic carbocycles. The Morgan fingerprint density at radius 2 is 2.15 bits per heavy atom. The quantitative estimate of drug-likeness (QED) is 0.855. The molecule has 0 saturated carbocycles. The molecule has 2 aromatic rings. The smallest absolute Gasteiger partial charge is 0.243 e. The van der Waals surface area contributed by atoms with Crippen LogP contribution in [0.1, 0.15) is 42.0 Å². The van der Waals surface area contributed by atoms with Crippen molar-refractivity contribution >= 4 is 5.91 Å². The van der Waals surface area contributed by atoms with Gasteiger partial charge in [-0.15, -0.1) is 0 Å². The molecule has 0 bridgehead atoms. The summed E-state index contributed by atoms with van der Waals surface area (Å²) in [5, 5.41) is 4.36. The maximum atomic E-state index is 13.6. The fraction of sp³-hybridized carbons (Fsp3) is 0.524. The van der Waals surface area contributed by atoms with Crippen molar-refractivity contribution in [3.63, 3.8) is 0 Å². The first kappa shape index (κ1) is 16.1. The second-order valence-electron chi connectivity index (χ2n) is 8.23. The monoisotopic (exact) mass is 350 g/mol. The minimum absolute atomic E-state index is 0.261. The normalized spacial score (nSPS) is 30.8. The Kier molecular flexibility index (Phi) is 3.51. The van der Waals surface area contributed by atoms with Crippen LogP contribution in [0.15, 0.2) is 36.7 Å². The van der Waals surface area contributed by atoms with Crippen molar-refractivity contribution in [2.75, 3.05) is 13.1 Å². The summed E-state index contributed by atoms with van der Waals surface area (Å²) in [7, 11) is 1.97. The Balaban J connectivity index is 1.44. The van der Waals surface area contributed by atoms with E-state index in [2.05, 4.69) is 52.3 Å². The first-order valence-corrected chi connectivity index (χ1v) is 9.69. The van der Waals surface area contributed by atoms with Crippen LogP contribution in [-0.2, 0) is 18.4 Å². The van der Waals surface area contributed by atoms with Crippen LogP contribution in [0.4, 0.5) is 0 Å². The highest BCUT2D eigenvalue weighted by Crippen LogP contribution is 2.56. The number of benzene rings is 1. The summed E-state index contributed by atoms with van der Waals surface area (Å²) in [5.41, 5.74) is 3.54. The van der Waals surface area contributed by atoms with Crippen molar-refractivity contribution < 1.29 is 4.79 Å². The predicted molar refractivity (Wildman–Crippen MR) is 99.3 cm³/mol. The van der Waals surface area contributed by atoms with Crippen molar-refractivity contribution in [1.29, 1.82) is 0 Å². The summed E-state index contributed by atoms with van der Waals surface area (Å²) in [6.07, 6.45) is 7.30. The molecule has 0 radical (unpaired) electrons. The third-order valence-electron chi connectivity index (χ3n) is 6.86. The van der Waals surface area contributed by atoms with Crippen LogP contribution in [-0.4, -0.2) is 44.1 Å². The number of hydrogen-bond acceptors (Lipinski definition) is 3. The third-order valence-corrected chi connectivity index (χ3v) is 6.86. The Labute approximate surface area is 154 Å². The van der Waals surface area contributed by atoms with E-state index in [4.69, 9.17) is 0 Å². The van der Waals surface area contributed by atoms with Crippen LogP contribution < -0.4 is 0 Å². The van der Waals surface area contributed by atoms with E-state index in [1.165, 1.54) is 16.7 Å². The zero-order valence-corrected chi connectivity index (χ0v) is 15.6. The van der Waals surface area contributed by atoms with Crippen LogP contribution in [0, 0.1) is 12.8 Å². The number of aromatic nitrogens is 2. The molecule has 1 amide bonds. The summed E-state index contributed by atoms with van der Waals surface area (Å²) in [6, 6.07) is 8.77. The highest BCUT2D eigenvalue weighted by molar-refractivity contribution is 5.90. The Bertz CT molecular complexity index is 859. The Hall–Kier alpha value is -2.14. The van der Waals surface area contributed by atoms with Gasteiger partial charge in [0.2, 0.25) is 5.91 Å². The molecule has 136 valence electrons. The lowest BCUT2D eigenvalue weighted by Gasteiger charge is -2.33. The molecule has 3 aliphatic heterocycles. The van der Waals surface area contributed by atoms with E-state index in [1.807, 2.05) is 17.9 Å². The molecule has 1 spiro atoms. The molecule has 0 unspecified atom stereocenters. The van der Waals surface area contributed by atoms with E-state index in [-0.39, 0.29) is 5.54 Å². The fourth-order valence-electron chi connectivity index (χ4n) is 5.64. The Morgan fingerprint density at radius 1 is 1.31 bits per heavy atom. The van der Waals surface area contributed by atoms with Gasteiger partial charge in [0.15, 0.2) is 0 Å². The summed E-state index contributed by atoms with van der Waals surface area (Å²) < 4.78 is 1.87. The van der Waals surface area contributed by atoms with Gasteiger partial charge in [0.1, 0.15) is 5.54 Å². The number of carbonyl (C=O) groups excluding carboxylic acids is 1. The number of amides is 1. The van der Waals surface area contributed by atoms with Crippen molar-refractivity contribution in [3.8, 4) is 0 Å². The SMILES string of the molecule is Cc1ccccc1CN1C[C@@H]2C[C@@H](c3cnn(C)c3)N3CCC[C@@]23C1=O. The van der Waals surface area contributed by atoms with E-state index in [1.54, 1.807) is 0 Å². The first-order chi connectivity index (χ1) is 12.6. The van der Waals surface area contributed by atoms with Gasteiger partial charge >= 0.3 is 0 Å². The zero-order valence-electron chi connectivity index (χ0n) is 15.6. The van der Waals surface area contributed by atoms with E-state index in [9.17, 15) is 4.79 Å². The molecular formula is C21H26N4O. The third kappa shape index (κ3) is 2.13. The molecule has 3 fully saturated rings. The van der Waals surface area contributed by atoms with E-state index in [0.717, 1.165) is 38.9 Å². The van der Waals surface area contributed by atoms with Crippen molar-refractivity contribution in [1.82, 2.24) is 19.6 Å².